The van der Waals surface area contributed by atoms with Gasteiger partial charge in [-0.05, 0) is 54.6 Å². The Kier molecular flexibility index (Phi) is 13.9. The number of nitrogens with one attached hydrogen (secondary N) is 3. The van der Waals surface area contributed by atoms with E-state index in [0.29, 0.717) is 31.7 Å². The molecule has 0 aromatic heterocycles. The molecule has 3 rings (SSSR count). The van der Waals surface area contributed by atoms with Gasteiger partial charge in [0.05, 0.1) is 6.10 Å². The predicted molar refractivity (Wildman–Crippen MR) is 162 cm³/mol. The van der Waals surface area contributed by atoms with Crippen LogP contribution in [0.2, 0.25) is 0 Å². The van der Waals surface area contributed by atoms with Gasteiger partial charge in [0.1, 0.15) is 12.1 Å². The molecule has 8 nitrogen and oxygen atoms in total. The summed E-state index contributed by atoms with van der Waals surface area (Å²) in [5.41, 5.74) is 0.934. The summed E-state index contributed by atoms with van der Waals surface area (Å²) in [6.45, 7) is 10.6. The molecule has 3 amide bonds. The fourth-order valence-corrected chi connectivity index (χ4v) is 5.20. The zero-order chi connectivity index (χ0) is 28.4. The molecule has 1 aliphatic rings. The number of amides is 3. The Bertz CT molecular complexity index is 1110. The summed E-state index contributed by atoms with van der Waals surface area (Å²) < 4.78 is 0. The van der Waals surface area contributed by atoms with Crippen LogP contribution in [0.25, 0.3) is 10.8 Å². The van der Waals surface area contributed by atoms with E-state index in [1.54, 1.807) is 0 Å². The number of fused-ring (bicyclic) bond motifs is 1. The van der Waals surface area contributed by atoms with E-state index in [9.17, 15) is 19.5 Å². The van der Waals surface area contributed by atoms with Gasteiger partial charge >= 0.3 is 0 Å². The predicted octanol–water partition coefficient (Wildman–Crippen LogP) is 3.44. The third kappa shape index (κ3) is 9.46. The summed E-state index contributed by atoms with van der Waals surface area (Å²) in [4.78, 5) is 41.4. The number of nitrogens with zero attached hydrogens (tertiary/aromatic N) is 1. The van der Waals surface area contributed by atoms with Gasteiger partial charge in [0.25, 0.3) is 0 Å². The third-order valence-electron chi connectivity index (χ3n) is 7.47. The molecule has 2 aromatic rings. The van der Waals surface area contributed by atoms with E-state index in [4.69, 9.17) is 0 Å². The van der Waals surface area contributed by atoms with Crippen LogP contribution in [-0.2, 0) is 20.8 Å². The van der Waals surface area contributed by atoms with E-state index in [0.717, 1.165) is 35.8 Å². The summed E-state index contributed by atoms with van der Waals surface area (Å²) >= 11 is 0. The average molecular weight is 575 g/mol. The number of rotatable bonds is 14. The highest BCUT2D eigenvalue weighted by Gasteiger charge is 2.41. The maximum Gasteiger partial charge on any atom is 0.243 e. The van der Waals surface area contributed by atoms with Crippen LogP contribution in [-0.4, -0.2) is 72.1 Å². The van der Waals surface area contributed by atoms with Gasteiger partial charge in [-0.3, -0.25) is 14.4 Å². The Morgan fingerprint density at radius 3 is 2.40 bits per heavy atom. The first-order chi connectivity index (χ1) is 18.7. The highest BCUT2D eigenvalue weighted by molar-refractivity contribution is 5.93. The van der Waals surface area contributed by atoms with Crippen molar-refractivity contribution in [2.75, 3.05) is 26.2 Å². The largest absolute Gasteiger partial charge is 0.391 e. The fraction of sp³-hybridized carbons (Fsp3) is 0.581. The summed E-state index contributed by atoms with van der Waals surface area (Å²) in [6, 6.07) is 12.5. The molecule has 0 aliphatic carbocycles. The maximum absolute atomic E-state index is 13.5. The van der Waals surface area contributed by atoms with Crippen LogP contribution in [0.1, 0.15) is 58.9 Å². The molecule has 222 valence electrons. The zero-order valence-electron chi connectivity index (χ0n) is 24.3. The van der Waals surface area contributed by atoms with Crippen molar-refractivity contribution in [2.45, 2.75) is 78.0 Å². The van der Waals surface area contributed by atoms with Gasteiger partial charge in [0, 0.05) is 31.8 Å². The van der Waals surface area contributed by atoms with Crippen molar-refractivity contribution in [3.63, 3.8) is 0 Å². The molecule has 4 N–H and O–H groups in total. The van der Waals surface area contributed by atoms with E-state index in [2.05, 4.69) is 29.8 Å². The molecule has 0 bridgehead atoms. The second kappa shape index (κ2) is 16.6. The Labute approximate surface area is 245 Å². The van der Waals surface area contributed by atoms with E-state index < -0.39 is 24.1 Å². The van der Waals surface area contributed by atoms with Gasteiger partial charge in [-0.25, -0.2) is 0 Å². The third-order valence-corrected chi connectivity index (χ3v) is 7.47. The SMILES string of the molecule is CCC(CC)C(=O)N1C[C@H](O)C[C@H]1C(=O)N[C@H](Cc1ccc2ccccc2c1)C(=O)NCCCNCC(C)C.Cl. The van der Waals surface area contributed by atoms with Crippen molar-refractivity contribution in [3.05, 3.63) is 48.0 Å². The van der Waals surface area contributed by atoms with Gasteiger partial charge in [-0.1, -0.05) is 70.2 Å². The smallest absolute Gasteiger partial charge is 0.243 e. The summed E-state index contributed by atoms with van der Waals surface area (Å²) in [5.74, 6) is -0.387. The Morgan fingerprint density at radius 1 is 1.02 bits per heavy atom. The van der Waals surface area contributed by atoms with Crippen LogP contribution in [0.15, 0.2) is 42.5 Å². The molecule has 9 heteroatoms. The number of aliphatic hydroxyl groups is 1. The lowest BCUT2D eigenvalue weighted by Gasteiger charge is -2.28. The van der Waals surface area contributed by atoms with E-state index in [-0.39, 0.29) is 43.1 Å². The monoisotopic (exact) mass is 574 g/mol. The van der Waals surface area contributed by atoms with Gasteiger partial charge in [-0.2, -0.15) is 0 Å². The second-order valence-corrected chi connectivity index (χ2v) is 11.1. The number of halogens is 1. The molecule has 1 heterocycles. The van der Waals surface area contributed by atoms with Crippen molar-refractivity contribution in [1.29, 1.82) is 0 Å². The Morgan fingerprint density at radius 2 is 1.73 bits per heavy atom. The summed E-state index contributed by atoms with van der Waals surface area (Å²) in [7, 11) is 0. The number of carbonyl (C=O) groups is 3. The van der Waals surface area contributed by atoms with Crippen molar-refractivity contribution in [2.24, 2.45) is 11.8 Å². The summed E-state index contributed by atoms with van der Waals surface area (Å²) in [5, 5.41) is 21.8. The molecule has 2 aromatic carbocycles. The van der Waals surface area contributed by atoms with Crippen LogP contribution in [0.3, 0.4) is 0 Å². The first-order valence-corrected chi connectivity index (χ1v) is 14.5. The number of likely N-dealkylation sites (tertiary alicyclic amines) is 1. The van der Waals surface area contributed by atoms with Crippen molar-refractivity contribution in [3.8, 4) is 0 Å². The molecule has 3 atom stereocenters. The van der Waals surface area contributed by atoms with E-state index in [1.807, 2.05) is 56.3 Å². The molecule has 1 aliphatic heterocycles. The van der Waals surface area contributed by atoms with Gasteiger partial charge in [-0.15, -0.1) is 12.4 Å². The molecule has 1 fully saturated rings. The first kappa shape index (κ1) is 33.5. The lowest BCUT2D eigenvalue weighted by molar-refractivity contribution is -0.142. The lowest BCUT2D eigenvalue weighted by Crippen LogP contribution is -2.54. The number of benzene rings is 2. The minimum absolute atomic E-state index is 0. The molecule has 0 saturated carbocycles. The maximum atomic E-state index is 13.5. The highest BCUT2D eigenvalue weighted by atomic mass is 35.5. The fourth-order valence-electron chi connectivity index (χ4n) is 5.20. The minimum Gasteiger partial charge on any atom is -0.391 e. The molecule has 0 radical (unpaired) electrons. The Balaban J connectivity index is 0.00000560. The van der Waals surface area contributed by atoms with Crippen LogP contribution in [0, 0.1) is 11.8 Å². The standard InChI is InChI=1S/C31H46N4O4.ClH/c1-5-23(6-2)31(39)35-20-26(36)18-28(35)30(38)34-27(29(37)33-15-9-14-32-19-21(3)4)17-22-12-13-24-10-7-8-11-25(24)16-22;/h7-8,10-13,16,21,23,26-28,32,36H,5-6,9,14-15,17-20H2,1-4H3,(H,33,37)(H,34,38);1H/t26-,27-,28+;/m1./s1. The topological polar surface area (TPSA) is 111 Å². The molecule has 1 saturated heterocycles. The van der Waals surface area contributed by atoms with Crippen LogP contribution >= 0.6 is 12.4 Å². The van der Waals surface area contributed by atoms with Gasteiger partial charge in [0.15, 0.2) is 0 Å². The van der Waals surface area contributed by atoms with E-state index in [1.165, 1.54) is 4.90 Å². The number of carbonyl (C=O) groups excluding carboxylic acids is 3. The van der Waals surface area contributed by atoms with Crippen molar-refractivity contribution in [1.82, 2.24) is 20.9 Å². The van der Waals surface area contributed by atoms with Crippen molar-refractivity contribution < 1.29 is 19.5 Å². The molecule has 0 spiro atoms. The number of aliphatic hydroxyl groups excluding tert-OH is 1. The molecule has 40 heavy (non-hydrogen) atoms. The molecular formula is C31H47ClN4O4. The summed E-state index contributed by atoms with van der Waals surface area (Å²) in [6.07, 6.45) is 1.87. The molecule has 0 unspecified atom stereocenters. The normalized spacial score (nSPS) is 17.6. The number of hydrogen-bond donors (Lipinski definition) is 4. The average Bonchev–Trinajstić information content (AvgIpc) is 3.32. The van der Waals surface area contributed by atoms with Crippen LogP contribution in [0.4, 0.5) is 0 Å². The number of hydrogen-bond acceptors (Lipinski definition) is 5. The van der Waals surface area contributed by atoms with E-state index >= 15 is 0 Å². The Hall–Kier alpha value is -2.68. The van der Waals surface area contributed by atoms with Gasteiger partial charge in [0.2, 0.25) is 17.7 Å². The number of β-amino-alcohol motifs (C(OH)–C–C–N with tert-alkyl or cyclic N) is 1. The first-order valence-electron chi connectivity index (χ1n) is 14.5. The van der Waals surface area contributed by atoms with Gasteiger partial charge < -0.3 is 26.0 Å². The lowest BCUT2D eigenvalue weighted by atomic mass is 10.00. The quantitative estimate of drug-likeness (QED) is 0.258. The zero-order valence-corrected chi connectivity index (χ0v) is 25.1. The van der Waals surface area contributed by atoms with Crippen molar-refractivity contribution >= 4 is 40.9 Å². The highest BCUT2D eigenvalue weighted by Crippen LogP contribution is 2.24. The molecular weight excluding hydrogens is 528 g/mol. The second-order valence-electron chi connectivity index (χ2n) is 11.1. The minimum atomic E-state index is -0.801. The van der Waals surface area contributed by atoms with Crippen LogP contribution in [0.5, 0.6) is 0 Å². The van der Waals surface area contributed by atoms with Crippen LogP contribution < -0.4 is 16.0 Å².